The van der Waals surface area contributed by atoms with Gasteiger partial charge in [0.05, 0.1) is 16.7 Å². The normalized spacial score (nSPS) is 12.6. The smallest absolute Gasteiger partial charge is 0.148 e. The predicted octanol–water partition coefficient (Wildman–Crippen LogP) is 3.23. The van der Waals surface area contributed by atoms with Crippen LogP contribution in [0.5, 0.6) is 0 Å². The maximum atomic E-state index is 5.78. The van der Waals surface area contributed by atoms with E-state index in [-0.39, 0.29) is 0 Å². The zero-order valence-electron chi connectivity index (χ0n) is 10.1. The van der Waals surface area contributed by atoms with Crippen LogP contribution in [0.15, 0.2) is 24.3 Å². The molecule has 0 aliphatic heterocycles. The SMILES string of the molecule is Cc1nc2ccccc2nc1NCC(C)CCl. The van der Waals surface area contributed by atoms with E-state index in [1.165, 1.54) is 0 Å². The average Bonchev–Trinajstić information content (AvgIpc) is 2.35. The van der Waals surface area contributed by atoms with E-state index in [4.69, 9.17) is 11.6 Å². The van der Waals surface area contributed by atoms with Crippen LogP contribution < -0.4 is 5.32 Å². The number of hydrogen-bond donors (Lipinski definition) is 1. The van der Waals surface area contributed by atoms with Gasteiger partial charge in [-0.05, 0) is 25.0 Å². The topological polar surface area (TPSA) is 37.8 Å². The number of nitrogens with zero attached hydrogens (tertiary/aromatic N) is 2. The Labute approximate surface area is 106 Å². The van der Waals surface area contributed by atoms with Gasteiger partial charge in [-0.1, -0.05) is 19.1 Å². The first-order chi connectivity index (χ1) is 8.20. The first kappa shape index (κ1) is 12.1. The van der Waals surface area contributed by atoms with E-state index < -0.39 is 0 Å². The molecule has 0 aliphatic rings. The molecule has 1 aromatic heterocycles. The minimum absolute atomic E-state index is 0.421. The Morgan fingerprint density at radius 2 is 1.88 bits per heavy atom. The molecule has 17 heavy (non-hydrogen) atoms. The molecule has 1 N–H and O–H groups in total. The first-order valence-electron chi connectivity index (χ1n) is 5.74. The molecule has 1 unspecified atom stereocenters. The molecule has 0 fully saturated rings. The van der Waals surface area contributed by atoms with Crippen LogP contribution in [0.25, 0.3) is 11.0 Å². The number of alkyl halides is 1. The Morgan fingerprint density at radius 1 is 1.24 bits per heavy atom. The molecule has 1 aromatic carbocycles. The fourth-order valence-electron chi connectivity index (χ4n) is 1.58. The summed E-state index contributed by atoms with van der Waals surface area (Å²) in [6, 6.07) is 7.88. The molecule has 1 atom stereocenters. The number of para-hydroxylation sites is 2. The lowest BCUT2D eigenvalue weighted by Crippen LogP contribution is -2.14. The van der Waals surface area contributed by atoms with Crippen LogP contribution in [0.1, 0.15) is 12.6 Å². The minimum atomic E-state index is 0.421. The number of benzene rings is 1. The average molecular weight is 250 g/mol. The number of anilines is 1. The van der Waals surface area contributed by atoms with E-state index in [1.54, 1.807) is 0 Å². The molecule has 0 spiro atoms. The van der Waals surface area contributed by atoms with E-state index in [0.717, 1.165) is 29.1 Å². The summed E-state index contributed by atoms with van der Waals surface area (Å²) in [6.45, 7) is 4.88. The summed E-state index contributed by atoms with van der Waals surface area (Å²) in [4.78, 5) is 9.09. The van der Waals surface area contributed by atoms with Crippen molar-refractivity contribution in [1.82, 2.24) is 9.97 Å². The molecule has 0 saturated heterocycles. The van der Waals surface area contributed by atoms with Gasteiger partial charge in [-0.15, -0.1) is 11.6 Å². The van der Waals surface area contributed by atoms with Crippen LogP contribution in [0, 0.1) is 12.8 Å². The van der Waals surface area contributed by atoms with Crippen molar-refractivity contribution in [2.24, 2.45) is 5.92 Å². The van der Waals surface area contributed by atoms with Crippen molar-refractivity contribution in [2.45, 2.75) is 13.8 Å². The quantitative estimate of drug-likeness (QED) is 0.846. The van der Waals surface area contributed by atoms with E-state index in [0.29, 0.717) is 11.8 Å². The third-order valence-electron chi connectivity index (χ3n) is 2.63. The van der Waals surface area contributed by atoms with Crippen molar-refractivity contribution in [2.75, 3.05) is 17.7 Å². The van der Waals surface area contributed by atoms with Crippen LogP contribution in [-0.4, -0.2) is 22.4 Å². The van der Waals surface area contributed by atoms with Gasteiger partial charge in [-0.3, -0.25) is 0 Å². The maximum Gasteiger partial charge on any atom is 0.148 e. The van der Waals surface area contributed by atoms with Crippen molar-refractivity contribution in [3.05, 3.63) is 30.0 Å². The summed E-state index contributed by atoms with van der Waals surface area (Å²) in [5.41, 5.74) is 2.77. The van der Waals surface area contributed by atoms with Crippen LogP contribution in [-0.2, 0) is 0 Å². The molecule has 2 aromatic rings. The highest BCUT2D eigenvalue weighted by molar-refractivity contribution is 6.18. The second-order valence-corrected chi connectivity index (χ2v) is 4.60. The van der Waals surface area contributed by atoms with E-state index in [1.807, 2.05) is 31.2 Å². The molecular formula is C13H16ClN3. The second kappa shape index (κ2) is 5.32. The lowest BCUT2D eigenvalue weighted by molar-refractivity contribution is 0.694. The van der Waals surface area contributed by atoms with Crippen LogP contribution >= 0.6 is 11.6 Å². The number of halogens is 1. The van der Waals surface area contributed by atoms with Gasteiger partial charge >= 0.3 is 0 Å². The molecule has 0 bridgehead atoms. The van der Waals surface area contributed by atoms with E-state index in [9.17, 15) is 0 Å². The van der Waals surface area contributed by atoms with Gasteiger partial charge in [-0.2, -0.15) is 0 Å². The number of nitrogens with one attached hydrogen (secondary N) is 1. The van der Waals surface area contributed by atoms with Gasteiger partial charge < -0.3 is 5.32 Å². The van der Waals surface area contributed by atoms with Crippen molar-refractivity contribution in [3.63, 3.8) is 0 Å². The Balaban J connectivity index is 2.25. The number of hydrogen-bond acceptors (Lipinski definition) is 3. The van der Waals surface area contributed by atoms with Gasteiger partial charge in [0.25, 0.3) is 0 Å². The zero-order chi connectivity index (χ0) is 12.3. The van der Waals surface area contributed by atoms with E-state index in [2.05, 4.69) is 22.2 Å². The molecule has 4 heteroatoms. The molecule has 0 amide bonds. The lowest BCUT2D eigenvalue weighted by atomic mass is 10.2. The van der Waals surface area contributed by atoms with Crippen LogP contribution in [0.4, 0.5) is 5.82 Å². The summed E-state index contributed by atoms with van der Waals surface area (Å²) in [7, 11) is 0. The maximum absolute atomic E-state index is 5.78. The summed E-state index contributed by atoms with van der Waals surface area (Å²) < 4.78 is 0. The highest BCUT2D eigenvalue weighted by atomic mass is 35.5. The van der Waals surface area contributed by atoms with Crippen LogP contribution in [0.2, 0.25) is 0 Å². The molecule has 3 nitrogen and oxygen atoms in total. The van der Waals surface area contributed by atoms with Gasteiger partial charge in [0.1, 0.15) is 5.82 Å². The van der Waals surface area contributed by atoms with Crippen molar-refractivity contribution < 1.29 is 0 Å². The fourth-order valence-corrected chi connectivity index (χ4v) is 1.69. The molecule has 1 heterocycles. The number of fused-ring (bicyclic) bond motifs is 1. The second-order valence-electron chi connectivity index (χ2n) is 4.29. The Morgan fingerprint density at radius 3 is 2.53 bits per heavy atom. The summed E-state index contributed by atoms with van der Waals surface area (Å²) in [5.74, 6) is 1.91. The molecule has 0 aliphatic carbocycles. The van der Waals surface area contributed by atoms with Crippen molar-refractivity contribution in [1.29, 1.82) is 0 Å². The standard InChI is InChI=1S/C13H16ClN3/c1-9(7-14)8-15-13-10(2)16-11-5-3-4-6-12(11)17-13/h3-6,9H,7-8H2,1-2H3,(H,15,17). The summed E-state index contributed by atoms with van der Waals surface area (Å²) >= 11 is 5.78. The largest absolute Gasteiger partial charge is 0.368 e. The first-order valence-corrected chi connectivity index (χ1v) is 6.27. The third kappa shape index (κ3) is 2.86. The number of aromatic nitrogens is 2. The zero-order valence-corrected chi connectivity index (χ0v) is 10.8. The molecule has 0 radical (unpaired) electrons. The molecule has 2 rings (SSSR count). The van der Waals surface area contributed by atoms with Gasteiger partial charge in [0.2, 0.25) is 0 Å². The Kier molecular flexibility index (Phi) is 3.79. The molecule has 90 valence electrons. The van der Waals surface area contributed by atoms with Gasteiger partial charge in [-0.25, -0.2) is 9.97 Å². The highest BCUT2D eigenvalue weighted by Gasteiger charge is 2.06. The number of aryl methyl sites for hydroxylation is 1. The Hall–Kier alpha value is -1.35. The monoisotopic (exact) mass is 249 g/mol. The summed E-state index contributed by atoms with van der Waals surface area (Å²) in [6.07, 6.45) is 0. The number of rotatable bonds is 4. The highest BCUT2D eigenvalue weighted by Crippen LogP contribution is 2.16. The predicted molar refractivity (Wildman–Crippen MR) is 72.6 cm³/mol. The van der Waals surface area contributed by atoms with Crippen molar-refractivity contribution in [3.8, 4) is 0 Å². The van der Waals surface area contributed by atoms with E-state index >= 15 is 0 Å². The fraction of sp³-hybridized carbons (Fsp3) is 0.385. The third-order valence-corrected chi connectivity index (χ3v) is 3.15. The van der Waals surface area contributed by atoms with Crippen LogP contribution in [0.3, 0.4) is 0 Å². The molecular weight excluding hydrogens is 234 g/mol. The minimum Gasteiger partial charge on any atom is -0.368 e. The van der Waals surface area contributed by atoms with Gasteiger partial charge in [0.15, 0.2) is 0 Å². The lowest BCUT2D eigenvalue weighted by Gasteiger charge is -2.12. The van der Waals surface area contributed by atoms with Crippen molar-refractivity contribution >= 4 is 28.5 Å². The Bertz CT molecular complexity index is 513. The van der Waals surface area contributed by atoms with Gasteiger partial charge in [0, 0.05) is 12.4 Å². The molecule has 0 saturated carbocycles. The summed E-state index contributed by atoms with van der Waals surface area (Å²) in [5, 5.41) is 3.30.